The molecule has 0 radical (unpaired) electrons. The van der Waals surface area contributed by atoms with Gasteiger partial charge in [-0.15, -0.1) is 10.2 Å². The van der Waals surface area contributed by atoms with Gasteiger partial charge in [-0.2, -0.15) is 8.78 Å². The van der Waals surface area contributed by atoms with Gasteiger partial charge in [0, 0.05) is 24.0 Å². The van der Waals surface area contributed by atoms with Gasteiger partial charge >= 0.3 is 6.61 Å². The van der Waals surface area contributed by atoms with E-state index in [1.807, 2.05) is 25.2 Å². The number of alkyl halides is 2. The lowest BCUT2D eigenvalue weighted by Crippen LogP contribution is -2.14. The number of anilines is 3. The molecule has 4 rings (SSSR count). The summed E-state index contributed by atoms with van der Waals surface area (Å²) in [6, 6.07) is 20.4. The van der Waals surface area contributed by atoms with Crippen LogP contribution in [0, 0.1) is 0 Å². The second-order valence-corrected chi connectivity index (χ2v) is 6.87. The Labute approximate surface area is 182 Å². The highest BCUT2D eigenvalue weighted by molar-refractivity contribution is 6.08. The van der Waals surface area contributed by atoms with Gasteiger partial charge in [0.2, 0.25) is 0 Å². The highest BCUT2D eigenvalue weighted by atomic mass is 19.3. The Balaban J connectivity index is 1.51. The van der Waals surface area contributed by atoms with E-state index in [0.717, 1.165) is 5.56 Å². The normalized spacial score (nSPS) is 10.8. The second-order valence-electron chi connectivity index (χ2n) is 6.87. The van der Waals surface area contributed by atoms with Crippen molar-refractivity contribution in [1.82, 2.24) is 14.8 Å². The summed E-state index contributed by atoms with van der Waals surface area (Å²) >= 11 is 0. The van der Waals surface area contributed by atoms with Crippen LogP contribution in [0.3, 0.4) is 0 Å². The maximum absolute atomic E-state index is 13.0. The third kappa shape index (κ3) is 4.89. The number of hydrogen-bond donors (Lipinski definition) is 2. The van der Waals surface area contributed by atoms with Gasteiger partial charge in [0.25, 0.3) is 5.91 Å². The molecule has 0 bridgehead atoms. The molecule has 0 unspecified atom stereocenters. The van der Waals surface area contributed by atoms with Crippen LogP contribution in [-0.2, 0) is 7.05 Å². The number of nitrogens with one attached hydrogen (secondary N) is 2. The van der Waals surface area contributed by atoms with Crippen LogP contribution in [0.4, 0.5) is 25.8 Å². The zero-order valence-corrected chi connectivity index (χ0v) is 17.0. The molecular formula is C23H19F2N5O2. The lowest BCUT2D eigenvalue weighted by Gasteiger charge is -2.13. The van der Waals surface area contributed by atoms with Gasteiger partial charge in [0.15, 0.2) is 5.82 Å². The molecule has 0 aliphatic rings. The maximum Gasteiger partial charge on any atom is 0.387 e. The average molecular weight is 435 g/mol. The molecule has 0 aliphatic carbocycles. The molecule has 9 heteroatoms. The van der Waals surface area contributed by atoms with Crippen LogP contribution in [0.2, 0.25) is 0 Å². The molecule has 0 spiro atoms. The molecule has 1 aromatic heterocycles. The van der Waals surface area contributed by atoms with E-state index < -0.39 is 6.61 Å². The third-order valence-corrected chi connectivity index (χ3v) is 4.62. The first-order valence-electron chi connectivity index (χ1n) is 9.66. The Morgan fingerprint density at radius 2 is 1.78 bits per heavy atom. The summed E-state index contributed by atoms with van der Waals surface area (Å²) in [7, 11) is 1.84. The number of aryl methyl sites for hydroxylation is 1. The van der Waals surface area contributed by atoms with Gasteiger partial charge in [0.05, 0.1) is 11.3 Å². The van der Waals surface area contributed by atoms with Crippen LogP contribution in [-0.4, -0.2) is 27.3 Å². The van der Waals surface area contributed by atoms with Gasteiger partial charge in [-0.1, -0.05) is 24.3 Å². The fourth-order valence-corrected chi connectivity index (χ4v) is 3.14. The first-order chi connectivity index (χ1) is 15.5. The highest BCUT2D eigenvalue weighted by Gasteiger charge is 2.13. The van der Waals surface area contributed by atoms with Crippen LogP contribution < -0.4 is 15.4 Å². The molecule has 0 fully saturated rings. The maximum atomic E-state index is 13.0. The van der Waals surface area contributed by atoms with E-state index in [4.69, 9.17) is 0 Å². The van der Waals surface area contributed by atoms with Crippen molar-refractivity contribution < 1.29 is 18.3 Å². The smallest absolute Gasteiger partial charge is 0.387 e. The van der Waals surface area contributed by atoms with E-state index >= 15 is 0 Å². The summed E-state index contributed by atoms with van der Waals surface area (Å²) in [5, 5.41) is 14.0. The van der Waals surface area contributed by atoms with Crippen LogP contribution >= 0.6 is 0 Å². The Morgan fingerprint density at radius 1 is 1.00 bits per heavy atom. The van der Waals surface area contributed by atoms with Crippen molar-refractivity contribution >= 4 is 23.0 Å². The van der Waals surface area contributed by atoms with E-state index in [1.165, 1.54) is 12.1 Å². The van der Waals surface area contributed by atoms with E-state index in [0.29, 0.717) is 28.5 Å². The molecule has 32 heavy (non-hydrogen) atoms. The largest absolute Gasteiger partial charge is 0.435 e. The molecule has 7 nitrogen and oxygen atoms in total. The molecule has 3 aromatic carbocycles. The monoisotopic (exact) mass is 435 g/mol. The van der Waals surface area contributed by atoms with Crippen LogP contribution in [0.1, 0.15) is 10.4 Å². The Bertz CT molecular complexity index is 1230. The van der Waals surface area contributed by atoms with Gasteiger partial charge in [-0.05, 0) is 48.5 Å². The van der Waals surface area contributed by atoms with Crippen molar-refractivity contribution in [2.24, 2.45) is 7.05 Å². The minimum Gasteiger partial charge on any atom is -0.435 e. The molecular weight excluding hydrogens is 416 g/mol. The number of rotatable bonds is 7. The number of benzene rings is 3. The Morgan fingerprint density at radius 3 is 2.50 bits per heavy atom. The average Bonchev–Trinajstić information content (AvgIpc) is 3.21. The number of nitrogens with zero attached hydrogens (tertiary/aromatic N) is 3. The number of ether oxygens (including phenoxy) is 1. The number of para-hydroxylation sites is 1. The number of amides is 1. The van der Waals surface area contributed by atoms with Gasteiger partial charge in [-0.25, -0.2) is 0 Å². The van der Waals surface area contributed by atoms with E-state index in [1.54, 1.807) is 53.4 Å². The van der Waals surface area contributed by atoms with E-state index in [9.17, 15) is 13.6 Å². The minimum atomic E-state index is -2.88. The van der Waals surface area contributed by atoms with E-state index in [-0.39, 0.29) is 11.7 Å². The number of carbonyl (C=O) groups excluding carboxylic acids is 1. The van der Waals surface area contributed by atoms with Gasteiger partial charge in [0.1, 0.15) is 12.1 Å². The second kappa shape index (κ2) is 9.25. The summed E-state index contributed by atoms with van der Waals surface area (Å²) < 4.78 is 30.8. The lowest BCUT2D eigenvalue weighted by molar-refractivity contribution is -0.0498. The van der Waals surface area contributed by atoms with Crippen molar-refractivity contribution in [3.05, 3.63) is 84.7 Å². The van der Waals surface area contributed by atoms with E-state index in [2.05, 4.69) is 25.6 Å². The van der Waals surface area contributed by atoms with Crippen molar-refractivity contribution in [1.29, 1.82) is 0 Å². The van der Waals surface area contributed by atoms with Crippen molar-refractivity contribution in [3.63, 3.8) is 0 Å². The van der Waals surface area contributed by atoms with Crippen molar-refractivity contribution in [2.45, 2.75) is 6.61 Å². The van der Waals surface area contributed by atoms with Gasteiger partial charge < -0.3 is 19.9 Å². The zero-order chi connectivity index (χ0) is 22.5. The Kier molecular flexibility index (Phi) is 6.07. The molecule has 1 amide bonds. The number of halogens is 2. The minimum absolute atomic E-state index is 0.0550. The van der Waals surface area contributed by atoms with Gasteiger partial charge in [-0.3, -0.25) is 4.79 Å². The first-order valence-corrected chi connectivity index (χ1v) is 9.66. The standard InChI is InChI=1S/C23H19F2N5O2/c1-30-14-26-29-21(30)15-5-4-6-17(13-15)28-22(31)19-7-2-3-8-20(19)27-16-9-11-18(12-10-16)32-23(24)25/h2-14,23,27H,1H3,(H,28,31). The third-order valence-electron chi connectivity index (χ3n) is 4.62. The number of hydrogen-bond acceptors (Lipinski definition) is 5. The summed E-state index contributed by atoms with van der Waals surface area (Å²) in [5.41, 5.74) is 3.04. The summed E-state index contributed by atoms with van der Waals surface area (Å²) in [6.07, 6.45) is 1.61. The van der Waals surface area contributed by atoms with Crippen LogP contribution in [0.15, 0.2) is 79.1 Å². The molecule has 0 saturated heterocycles. The predicted molar refractivity (Wildman–Crippen MR) is 117 cm³/mol. The molecule has 1 heterocycles. The number of aromatic nitrogens is 3. The molecule has 4 aromatic rings. The van der Waals surface area contributed by atoms with Crippen LogP contribution in [0.5, 0.6) is 5.75 Å². The molecule has 0 saturated carbocycles. The summed E-state index contributed by atoms with van der Waals surface area (Å²) in [4.78, 5) is 13.0. The predicted octanol–water partition coefficient (Wildman–Crippen LogP) is 5.08. The van der Waals surface area contributed by atoms with Crippen LogP contribution in [0.25, 0.3) is 11.4 Å². The summed E-state index contributed by atoms with van der Waals surface area (Å²) in [6.45, 7) is -2.88. The fraction of sp³-hybridized carbons (Fsp3) is 0.0870. The molecule has 0 atom stereocenters. The quantitative estimate of drug-likeness (QED) is 0.423. The topological polar surface area (TPSA) is 81.1 Å². The molecule has 0 aliphatic heterocycles. The van der Waals surface area contributed by atoms with Crippen molar-refractivity contribution in [3.8, 4) is 17.1 Å². The Hall–Kier alpha value is -4.27. The zero-order valence-electron chi connectivity index (χ0n) is 17.0. The molecule has 2 N–H and O–H groups in total. The fourth-order valence-electron chi connectivity index (χ4n) is 3.14. The first kappa shape index (κ1) is 21.0. The highest BCUT2D eigenvalue weighted by Crippen LogP contribution is 2.25. The SMILES string of the molecule is Cn1cnnc1-c1cccc(NC(=O)c2ccccc2Nc2ccc(OC(F)F)cc2)c1. The lowest BCUT2D eigenvalue weighted by atomic mass is 10.1. The molecule has 162 valence electrons. The van der Waals surface area contributed by atoms with Crippen molar-refractivity contribution in [2.75, 3.05) is 10.6 Å². The number of carbonyl (C=O) groups is 1. The summed E-state index contributed by atoms with van der Waals surface area (Å²) in [5.74, 6) is 0.433.